The van der Waals surface area contributed by atoms with Crippen molar-refractivity contribution in [3.8, 4) is 6.07 Å². The fourth-order valence-electron chi connectivity index (χ4n) is 0.696. The van der Waals surface area contributed by atoms with Gasteiger partial charge in [-0.1, -0.05) is 34.6 Å². The maximum Gasteiger partial charge on any atom is 0.0841 e. The molecule has 70 valence electrons. The number of hydrogen-bond acceptors (Lipinski definition) is 2. The summed E-state index contributed by atoms with van der Waals surface area (Å²) in [5.74, 6) is 0. The van der Waals surface area contributed by atoms with Crippen molar-refractivity contribution in [2.24, 2.45) is 10.8 Å². The highest BCUT2D eigenvalue weighted by Gasteiger charge is 2.31. The quantitative estimate of drug-likeness (QED) is 0.518. The van der Waals surface area contributed by atoms with E-state index in [4.69, 9.17) is 5.26 Å². The molecule has 2 heteroatoms. The summed E-state index contributed by atoms with van der Waals surface area (Å²) < 4.78 is 0. The average molecular weight is 168 g/mol. The molecule has 0 spiro atoms. The molecule has 2 nitrogen and oxygen atoms in total. The van der Waals surface area contributed by atoms with E-state index in [2.05, 4.69) is 46.0 Å². The molecule has 12 heavy (non-hydrogen) atoms. The lowest BCUT2D eigenvalue weighted by atomic mass is 9.69. The minimum Gasteiger partial charge on any atom is -0.304 e. The lowest BCUT2D eigenvalue weighted by Crippen LogP contribution is -2.39. The minimum atomic E-state index is 0.226. The van der Waals surface area contributed by atoms with Crippen molar-refractivity contribution in [3.05, 3.63) is 0 Å². The SMILES string of the molecule is CC(C)(C)C(C)(C)CNCC#N. The standard InChI is InChI=1S/C10H20N2/c1-9(2,3)10(4,5)8-12-7-6-11/h12H,7-8H2,1-5H3. The zero-order chi connectivity index (χ0) is 9.83. The maximum atomic E-state index is 8.35. The van der Waals surface area contributed by atoms with Crippen molar-refractivity contribution < 1.29 is 0 Å². The zero-order valence-electron chi connectivity index (χ0n) is 8.86. The molecule has 0 aromatic carbocycles. The minimum absolute atomic E-state index is 0.226. The van der Waals surface area contributed by atoms with Gasteiger partial charge in [0.05, 0.1) is 12.6 Å². The van der Waals surface area contributed by atoms with Crippen molar-refractivity contribution in [1.29, 1.82) is 5.26 Å². The normalized spacial score (nSPS) is 12.7. The van der Waals surface area contributed by atoms with Gasteiger partial charge in [-0.15, -0.1) is 0 Å². The van der Waals surface area contributed by atoms with Crippen LogP contribution in [0.4, 0.5) is 0 Å². The molecular weight excluding hydrogens is 148 g/mol. The number of nitrogens with one attached hydrogen (secondary N) is 1. The first kappa shape index (κ1) is 11.4. The summed E-state index contributed by atoms with van der Waals surface area (Å²) in [4.78, 5) is 0. The summed E-state index contributed by atoms with van der Waals surface area (Å²) in [5.41, 5.74) is 0.499. The molecule has 0 aliphatic rings. The van der Waals surface area contributed by atoms with Crippen molar-refractivity contribution >= 4 is 0 Å². The first-order chi connectivity index (χ1) is 5.31. The number of hydrogen-bond donors (Lipinski definition) is 1. The van der Waals surface area contributed by atoms with Crippen LogP contribution < -0.4 is 5.32 Å². The van der Waals surface area contributed by atoms with Gasteiger partial charge in [-0.2, -0.15) is 5.26 Å². The Hall–Kier alpha value is -0.550. The molecule has 0 heterocycles. The second-order valence-electron chi connectivity index (χ2n) is 4.90. The fraction of sp³-hybridized carbons (Fsp3) is 0.900. The fourth-order valence-corrected chi connectivity index (χ4v) is 0.696. The van der Waals surface area contributed by atoms with Gasteiger partial charge < -0.3 is 5.32 Å². The van der Waals surface area contributed by atoms with E-state index in [1.165, 1.54) is 0 Å². The summed E-state index contributed by atoms with van der Waals surface area (Å²) >= 11 is 0. The summed E-state index contributed by atoms with van der Waals surface area (Å²) in [6.07, 6.45) is 0. The molecular formula is C10H20N2. The van der Waals surface area contributed by atoms with Crippen molar-refractivity contribution in [2.45, 2.75) is 34.6 Å². The van der Waals surface area contributed by atoms with E-state index in [1.54, 1.807) is 0 Å². The summed E-state index contributed by atoms with van der Waals surface area (Å²) in [7, 11) is 0. The van der Waals surface area contributed by atoms with Gasteiger partial charge in [-0.25, -0.2) is 0 Å². The molecule has 0 aliphatic carbocycles. The molecule has 0 fully saturated rings. The van der Waals surface area contributed by atoms with E-state index in [0.717, 1.165) is 6.54 Å². The molecule has 0 aromatic rings. The Balaban J connectivity index is 3.98. The zero-order valence-corrected chi connectivity index (χ0v) is 8.86. The molecule has 0 aromatic heterocycles. The van der Waals surface area contributed by atoms with Crippen LogP contribution in [0.3, 0.4) is 0 Å². The second-order valence-corrected chi connectivity index (χ2v) is 4.90. The lowest BCUT2D eigenvalue weighted by molar-refractivity contribution is 0.131. The Bertz CT molecular complexity index is 169. The van der Waals surface area contributed by atoms with E-state index < -0.39 is 0 Å². The molecule has 0 unspecified atom stereocenters. The van der Waals surface area contributed by atoms with Crippen LogP contribution in [0.25, 0.3) is 0 Å². The van der Waals surface area contributed by atoms with Gasteiger partial charge in [0.15, 0.2) is 0 Å². The Morgan fingerprint density at radius 2 is 1.67 bits per heavy atom. The van der Waals surface area contributed by atoms with Gasteiger partial charge in [0.25, 0.3) is 0 Å². The highest BCUT2D eigenvalue weighted by molar-refractivity contribution is 4.85. The summed E-state index contributed by atoms with van der Waals surface area (Å²) in [6, 6.07) is 2.08. The van der Waals surface area contributed by atoms with Crippen LogP contribution >= 0.6 is 0 Å². The topological polar surface area (TPSA) is 35.8 Å². The van der Waals surface area contributed by atoms with Gasteiger partial charge in [0.2, 0.25) is 0 Å². The first-order valence-corrected chi connectivity index (χ1v) is 4.39. The monoisotopic (exact) mass is 168 g/mol. The Morgan fingerprint density at radius 1 is 1.17 bits per heavy atom. The van der Waals surface area contributed by atoms with Crippen LogP contribution in [0, 0.1) is 22.2 Å². The Morgan fingerprint density at radius 3 is 2.00 bits per heavy atom. The molecule has 0 aliphatic heterocycles. The largest absolute Gasteiger partial charge is 0.304 e. The number of nitriles is 1. The number of nitrogens with zero attached hydrogens (tertiary/aromatic N) is 1. The molecule has 0 rings (SSSR count). The highest BCUT2D eigenvalue weighted by atomic mass is 14.9. The third kappa shape index (κ3) is 3.23. The Labute approximate surface area is 76.0 Å². The summed E-state index contributed by atoms with van der Waals surface area (Å²) in [5, 5.41) is 11.5. The van der Waals surface area contributed by atoms with Crippen LogP contribution in [-0.4, -0.2) is 13.1 Å². The predicted octanol–water partition coefficient (Wildman–Crippen LogP) is 2.17. The van der Waals surface area contributed by atoms with E-state index in [-0.39, 0.29) is 10.8 Å². The van der Waals surface area contributed by atoms with Crippen LogP contribution in [0.5, 0.6) is 0 Å². The third-order valence-corrected chi connectivity index (χ3v) is 2.80. The first-order valence-electron chi connectivity index (χ1n) is 4.39. The van der Waals surface area contributed by atoms with E-state index in [9.17, 15) is 0 Å². The van der Waals surface area contributed by atoms with Gasteiger partial charge in [-0.3, -0.25) is 0 Å². The molecule has 0 amide bonds. The lowest BCUT2D eigenvalue weighted by Gasteiger charge is -2.38. The van der Waals surface area contributed by atoms with Crippen molar-refractivity contribution in [1.82, 2.24) is 5.32 Å². The van der Waals surface area contributed by atoms with Crippen LogP contribution in [0.1, 0.15) is 34.6 Å². The molecule has 0 saturated carbocycles. The third-order valence-electron chi connectivity index (χ3n) is 2.80. The second kappa shape index (κ2) is 3.91. The predicted molar refractivity (Wildman–Crippen MR) is 51.7 cm³/mol. The van der Waals surface area contributed by atoms with Gasteiger partial charge in [-0.05, 0) is 10.8 Å². The van der Waals surface area contributed by atoms with Crippen LogP contribution in [-0.2, 0) is 0 Å². The van der Waals surface area contributed by atoms with Crippen LogP contribution in [0.15, 0.2) is 0 Å². The van der Waals surface area contributed by atoms with Crippen LogP contribution in [0.2, 0.25) is 0 Å². The number of rotatable bonds is 3. The highest BCUT2D eigenvalue weighted by Crippen LogP contribution is 2.36. The van der Waals surface area contributed by atoms with E-state index in [0.29, 0.717) is 6.54 Å². The smallest absolute Gasteiger partial charge is 0.0841 e. The average Bonchev–Trinajstić information content (AvgIpc) is 1.85. The Kier molecular flexibility index (Phi) is 3.73. The molecule has 0 atom stereocenters. The molecule has 0 saturated heterocycles. The van der Waals surface area contributed by atoms with Crippen molar-refractivity contribution in [3.63, 3.8) is 0 Å². The maximum absolute atomic E-state index is 8.35. The molecule has 0 bridgehead atoms. The van der Waals surface area contributed by atoms with Crippen molar-refractivity contribution in [2.75, 3.05) is 13.1 Å². The van der Waals surface area contributed by atoms with E-state index >= 15 is 0 Å². The molecule has 1 N–H and O–H groups in total. The van der Waals surface area contributed by atoms with E-state index in [1.807, 2.05) is 0 Å². The van der Waals surface area contributed by atoms with Gasteiger partial charge in [0, 0.05) is 6.54 Å². The summed E-state index contributed by atoms with van der Waals surface area (Å²) in [6.45, 7) is 12.4. The molecule has 0 radical (unpaired) electrons. The van der Waals surface area contributed by atoms with Gasteiger partial charge in [0.1, 0.15) is 0 Å². The van der Waals surface area contributed by atoms with Gasteiger partial charge >= 0.3 is 0 Å².